The number of nitrogens with zero attached hydrogens (tertiary/aromatic N) is 1. The molecule has 0 aromatic heterocycles. The van der Waals surface area contributed by atoms with Crippen LogP contribution in [-0.2, 0) is 0 Å². The van der Waals surface area contributed by atoms with E-state index < -0.39 is 0 Å². The van der Waals surface area contributed by atoms with Gasteiger partial charge in [0.05, 0.1) is 7.11 Å². The van der Waals surface area contributed by atoms with Gasteiger partial charge in [0.2, 0.25) is 0 Å². The van der Waals surface area contributed by atoms with Crippen molar-refractivity contribution in [1.82, 2.24) is 0 Å². The second-order valence-electron chi connectivity index (χ2n) is 3.87. The summed E-state index contributed by atoms with van der Waals surface area (Å²) in [6.45, 7) is 3.15. The van der Waals surface area contributed by atoms with Crippen molar-refractivity contribution >= 4 is 6.21 Å². The molecule has 0 fully saturated rings. The molecule has 1 aromatic carbocycles. The van der Waals surface area contributed by atoms with Gasteiger partial charge in [-0.25, -0.2) is 0 Å². The molecule has 0 bridgehead atoms. The molecule has 2 heteroatoms. The third-order valence-corrected chi connectivity index (χ3v) is 2.47. The average Bonchev–Trinajstić information content (AvgIpc) is 2.34. The first-order valence-electron chi connectivity index (χ1n) is 6.00. The monoisotopic (exact) mass is 219 g/mol. The zero-order valence-electron chi connectivity index (χ0n) is 10.3. The van der Waals surface area contributed by atoms with E-state index >= 15 is 0 Å². The van der Waals surface area contributed by atoms with E-state index in [0.717, 1.165) is 17.9 Å². The van der Waals surface area contributed by atoms with Crippen LogP contribution in [-0.4, -0.2) is 19.9 Å². The molecule has 0 spiro atoms. The highest BCUT2D eigenvalue weighted by atomic mass is 16.5. The number of unbranched alkanes of at least 4 members (excludes halogenated alkanes) is 3. The van der Waals surface area contributed by atoms with E-state index in [1.54, 1.807) is 7.11 Å². The van der Waals surface area contributed by atoms with Crippen LogP contribution in [0.3, 0.4) is 0 Å². The molecule has 0 saturated carbocycles. The Bertz CT molecular complexity index is 320. The van der Waals surface area contributed by atoms with Gasteiger partial charge in [-0.3, -0.25) is 4.99 Å². The highest BCUT2D eigenvalue weighted by molar-refractivity contribution is 5.80. The summed E-state index contributed by atoms with van der Waals surface area (Å²) in [6.07, 6.45) is 6.99. The molecule has 16 heavy (non-hydrogen) atoms. The van der Waals surface area contributed by atoms with Crippen molar-refractivity contribution in [2.24, 2.45) is 4.99 Å². The second-order valence-corrected chi connectivity index (χ2v) is 3.87. The molecule has 0 N–H and O–H groups in total. The van der Waals surface area contributed by atoms with Crippen LogP contribution in [0.4, 0.5) is 0 Å². The fourth-order valence-electron chi connectivity index (χ4n) is 1.52. The highest BCUT2D eigenvalue weighted by Gasteiger charge is 1.91. The van der Waals surface area contributed by atoms with Gasteiger partial charge in [-0.2, -0.15) is 0 Å². The lowest BCUT2D eigenvalue weighted by Crippen LogP contribution is -1.87. The molecule has 0 aliphatic rings. The largest absolute Gasteiger partial charge is 0.497 e. The third-order valence-electron chi connectivity index (χ3n) is 2.47. The first kappa shape index (κ1) is 12.8. The van der Waals surface area contributed by atoms with Crippen molar-refractivity contribution in [3.63, 3.8) is 0 Å². The summed E-state index contributed by atoms with van der Waals surface area (Å²) in [5.41, 5.74) is 1.11. The molecule has 88 valence electrons. The smallest absolute Gasteiger partial charge is 0.119 e. The summed E-state index contributed by atoms with van der Waals surface area (Å²) in [4.78, 5) is 4.41. The van der Waals surface area contributed by atoms with Crippen LogP contribution in [0, 0.1) is 0 Å². The molecule has 0 aliphatic heterocycles. The van der Waals surface area contributed by atoms with E-state index in [-0.39, 0.29) is 0 Å². The molecule has 0 atom stereocenters. The molecule has 2 nitrogen and oxygen atoms in total. The maximum atomic E-state index is 5.15. The summed E-state index contributed by atoms with van der Waals surface area (Å²) >= 11 is 0. The maximum Gasteiger partial charge on any atom is 0.119 e. The minimum atomic E-state index is 0.884. The fraction of sp³-hybridized carbons (Fsp3) is 0.500. The van der Waals surface area contributed by atoms with Gasteiger partial charge < -0.3 is 4.74 Å². The average molecular weight is 219 g/mol. The predicted octanol–water partition coefficient (Wildman–Crippen LogP) is 3.69. The first-order chi connectivity index (χ1) is 7.86. The van der Waals surface area contributed by atoms with Crippen molar-refractivity contribution in [3.05, 3.63) is 29.8 Å². The van der Waals surface area contributed by atoms with Gasteiger partial charge in [0.25, 0.3) is 0 Å². The Kier molecular flexibility index (Phi) is 6.31. The van der Waals surface area contributed by atoms with Crippen molar-refractivity contribution in [2.45, 2.75) is 32.6 Å². The molecule has 1 aromatic rings. The molecule has 0 amide bonds. The maximum absolute atomic E-state index is 5.15. The molecule has 0 saturated heterocycles. The Morgan fingerprint density at radius 1 is 1.25 bits per heavy atom. The summed E-state index contributed by atoms with van der Waals surface area (Å²) in [5.74, 6) is 0.884. The number of rotatable bonds is 7. The van der Waals surface area contributed by atoms with Crippen LogP contribution in [0.5, 0.6) is 5.75 Å². The van der Waals surface area contributed by atoms with Crippen LogP contribution >= 0.6 is 0 Å². The number of benzene rings is 1. The Hall–Kier alpha value is -1.31. The van der Waals surface area contributed by atoms with Crippen molar-refractivity contribution in [3.8, 4) is 5.75 Å². The summed E-state index contributed by atoms with van der Waals surface area (Å²) in [5, 5.41) is 0. The minimum Gasteiger partial charge on any atom is -0.497 e. The highest BCUT2D eigenvalue weighted by Crippen LogP contribution is 2.10. The van der Waals surface area contributed by atoms with Gasteiger partial charge in [0.1, 0.15) is 5.75 Å². The van der Waals surface area contributed by atoms with E-state index in [0.29, 0.717) is 0 Å². The van der Waals surface area contributed by atoms with Gasteiger partial charge in [-0.15, -0.1) is 0 Å². The fourth-order valence-corrected chi connectivity index (χ4v) is 1.52. The van der Waals surface area contributed by atoms with E-state index in [1.165, 1.54) is 25.7 Å². The van der Waals surface area contributed by atoms with Crippen LogP contribution < -0.4 is 4.74 Å². The lowest BCUT2D eigenvalue weighted by atomic mass is 10.2. The SMILES string of the molecule is CCCCCCN=Cc1cccc(OC)c1. The van der Waals surface area contributed by atoms with Crippen molar-refractivity contribution in [2.75, 3.05) is 13.7 Å². The van der Waals surface area contributed by atoms with Crippen LogP contribution in [0.2, 0.25) is 0 Å². The summed E-state index contributed by atoms with van der Waals surface area (Å²) in [6, 6.07) is 7.96. The minimum absolute atomic E-state index is 0.884. The van der Waals surface area contributed by atoms with Gasteiger partial charge in [-0.1, -0.05) is 38.3 Å². The van der Waals surface area contributed by atoms with E-state index in [9.17, 15) is 0 Å². The molecule has 0 radical (unpaired) electrons. The van der Waals surface area contributed by atoms with E-state index in [2.05, 4.69) is 11.9 Å². The molecule has 1 rings (SSSR count). The van der Waals surface area contributed by atoms with E-state index in [4.69, 9.17) is 4.74 Å². The molecule has 0 heterocycles. The topological polar surface area (TPSA) is 21.6 Å². The number of methoxy groups -OCH3 is 1. The van der Waals surface area contributed by atoms with Gasteiger partial charge in [-0.05, 0) is 24.1 Å². The number of hydrogen-bond acceptors (Lipinski definition) is 2. The van der Waals surface area contributed by atoms with Gasteiger partial charge in [0, 0.05) is 12.8 Å². The van der Waals surface area contributed by atoms with Crippen molar-refractivity contribution in [1.29, 1.82) is 0 Å². The number of ether oxygens (including phenoxy) is 1. The summed E-state index contributed by atoms with van der Waals surface area (Å²) < 4.78 is 5.15. The molecule has 0 unspecified atom stereocenters. The zero-order chi connectivity index (χ0) is 11.6. The quantitative estimate of drug-likeness (QED) is 0.506. The third kappa shape index (κ3) is 4.96. The van der Waals surface area contributed by atoms with Crippen LogP contribution in [0.15, 0.2) is 29.3 Å². The Morgan fingerprint density at radius 2 is 2.12 bits per heavy atom. The number of hydrogen-bond donors (Lipinski definition) is 0. The van der Waals surface area contributed by atoms with Crippen LogP contribution in [0.1, 0.15) is 38.2 Å². The Balaban J connectivity index is 2.32. The standard InChI is InChI=1S/C14H21NO/c1-3-4-5-6-10-15-12-13-8-7-9-14(11-13)16-2/h7-9,11-12H,3-6,10H2,1-2H3. The summed E-state index contributed by atoms with van der Waals surface area (Å²) in [7, 11) is 1.68. The number of aliphatic imine (C=N–C) groups is 1. The predicted molar refractivity (Wildman–Crippen MR) is 69.6 cm³/mol. The zero-order valence-corrected chi connectivity index (χ0v) is 10.3. The normalized spacial score (nSPS) is 10.9. The molecular formula is C14H21NO. The van der Waals surface area contributed by atoms with E-state index in [1.807, 2.05) is 30.5 Å². The lowest BCUT2D eigenvalue weighted by Gasteiger charge is -1.99. The first-order valence-corrected chi connectivity index (χ1v) is 6.00. The molecular weight excluding hydrogens is 198 g/mol. The Morgan fingerprint density at radius 3 is 2.88 bits per heavy atom. The lowest BCUT2D eigenvalue weighted by molar-refractivity contribution is 0.415. The van der Waals surface area contributed by atoms with Gasteiger partial charge >= 0.3 is 0 Å². The van der Waals surface area contributed by atoms with Gasteiger partial charge in [0.15, 0.2) is 0 Å². The second kappa shape index (κ2) is 7.91. The van der Waals surface area contributed by atoms with Crippen molar-refractivity contribution < 1.29 is 4.74 Å². The van der Waals surface area contributed by atoms with Crippen LogP contribution in [0.25, 0.3) is 0 Å². The molecule has 0 aliphatic carbocycles. The Labute approximate surface area is 98.4 Å².